The number of nitrogens with one attached hydrogen (secondary N) is 1. The maximum atomic E-state index is 12.8. The van der Waals surface area contributed by atoms with Crippen LogP contribution in [-0.2, 0) is 21.2 Å². The van der Waals surface area contributed by atoms with Gasteiger partial charge in [0.15, 0.2) is 0 Å². The number of carbonyl (C=O) groups is 2. The first-order valence-corrected chi connectivity index (χ1v) is 10.4. The fourth-order valence-electron chi connectivity index (χ4n) is 2.70. The second-order valence-electron chi connectivity index (χ2n) is 5.92. The standard InChI is InChI=1S/C19H21ClN2O5S/c1-3-22(4-2)28(26,27)17-11-14(9-10-15(17)20)19(25)21-16-8-6-5-7-13(16)12-18(23)24/h5-11H,3-4,12H2,1-2H3,(H,21,25)(H,23,24). The highest BCUT2D eigenvalue weighted by molar-refractivity contribution is 7.89. The maximum Gasteiger partial charge on any atom is 0.307 e. The summed E-state index contributed by atoms with van der Waals surface area (Å²) < 4.78 is 26.8. The van der Waals surface area contributed by atoms with Crippen molar-refractivity contribution in [3.8, 4) is 0 Å². The van der Waals surface area contributed by atoms with E-state index in [4.69, 9.17) is 16.7 Å². The third-order valence-corrected chi connectivity index (χ3v) is 6.66. The maximum absolute atomic E-state index is 12.8. The number of nitrogens with zero attached hydrogens (tertiary/aromatic N) is 1. The zero-order valence-corrected chi connectivity index (χ0v) is 17.0. The third-order valence-electron chi connectivity index (χ3n) is 4.12. The van der Waals surface area contributed by atoms with Gasteiger partial charge in [-0.2, -0.15) is 4.31 Å². The van der Waals surface area contributed by atoms with Crippen LogP contribution in [-0.4, -0.2) is 42.8 Å². The monoisotopic (exact) mass is 424 g/mol. The normalized spacial score (nSPS) is 11.4. The zero-order chi connectivity index (χ0) is 20.9. The van der Waals surface area contributed by atoms with Gasteiger partial charge in [0, 0.05) is 24.3 Å². The van der Waals surface area contributed by atoms with Gasteiger partial charge in [0.25, 0.3) is 5.91 Å². The number of hydrogen-bond acceptors (Lipinski definition) is 4. The Morgan fingerprint density at radius 2 is 1.75 bits per heavy atom. The van der Waals surface area contributed by atoms with E-state index in [0.29, 0.717) is 11.3 Å². The van der Waals surface area contributed by atoms with E-state index in [1.807, 2.05) is 0 Å². The number of para-hydroxylation sites is 1. The molecule has 0 aromatic heterocycles. The Morgan fingerprint density at radius 3 is 2.36 bits per heavy atom. The summed E-state index contributed by atoms with van der Waals surface area (Å²) in [6.45, 7) is 3.97. The minimum atomic E-state index is -3.84. The summed E-state index contributed by atoms with van der Waals surface area (Å²) in [6, 6.07) is 10.5. The molecule has 0 fully saturated rings. The molecule has 0 bridgehead atoms. The van der Waals surface area contributed by atoms with Crippen LogP contribution >= 0.6 is 11.6 Å². The largest absolute Gasteiger partial charge is 0.481 e. The van der Waals surface area contributed by atoms with Gasteiger partial charge in [0.05, 0.1) is 11.4 Å². The second kappa shape index (κ2) is 9.18. The summed E-state index contributed by atoms with van der Waals surface area (Å²) >= 11 is 6.08. The molecule has 2 aromatic carbocycles. The molecule has 1 amide bonds. The number of aliphatic carboxylic acids is 1. The average molecular weight is 425 g/mol. The van der Waals surface area contributed by atoms with E-state index in [-0.39, 0.29) is 35.0 Å². The number of carbonyl (C=O) groups excluding carboxylic acids is 1. The molecule has 0 aliphatic carbocycles. The predicted octanol–water partition coefficient (Wildman–Crippen LogP) is 3.25. The Labute approximate surface area is 169 Å². The second-order valence-corrected chi connectivity index (χ2v) is 8.23. The van der Waals surface area contributed by atoms with Crippen molar-refractivity contribution in [2.45, 2.75) is 25.2 Å². The molecule has 150 valence electrons. The van der Waals surface area contributed by atoms with Gasteiger partial charge in [-0.15, -0.1) is 0 Å². The SMILES string of the molecule is CCN(CC)S(=O)(=O)c1cc(C(=O)Nc2ccccc2CC(=O)O)ccc1Cl. The molecule has 2 aromatic rings. The molecule has 0 saturated carbocycles. The molecule has 7 nitrogen and oxygen atoms in total. The lowest BCUT2D eigenvalue weighted by Crippen LogP contribution is -2.31. The van der Waals surface area contributed by atoms with Gasteiger partial charge in [0.2, 0.25) is 10.0 Å². The number of rotatable bonds is 8. The Kier molecular flexibility index (Phi) is 7.17. The molecule has 9 heteroatoms. The average Bonchev–Trinajstić information content (AvgIpc) is 2.63. The van der Waals surface area contributed by atoms with Gasteiger partial charge in [-0.25, -0.2) is 8.42 Å². The van der Waals surface area contributed by atoms with Crippen LogP contribution in [0.1, 0.15) is 29.8 Å². The van der Waals surface area contributed by atoms with E-state index in [9.17, 15) is 18.0 Å². The number of carboxylic acids is 1. The molecule has 2 rings (SSSR count). The number of carboxylic acid groups (broad SMARTS) is 1. The predicted molar refractivity (Wildman–Crippen MR) is 107 cm³/mol. The fraction of sp³-hybridized carbons (Fsp3) is 0.263. The van der Waals surface area contributed by atoms with Crippen molar-refractivity contribution in [3.05, 3.63) is 58.6 Å². The summed E-state index contributed by atoms with van der Waals surface area (Å²) in [5.41, 5.74) is 0.881. The van der Waals surface area contributed by atoms with E-state index in [1.54, 1.807) is 38.1 Å². The molecule has 0 radical (unpaired) electrons. The van der Waals surface area contributed by atoms with E-state index in [1.165, 1.54) is 22.5 Å². The minimum Gasteiger partial charge on any atom is -0.481 e. The quantitative estimate of drug-likeness (QED) is 0.676. The van der Waals surface area contributed by atoms with E-state index >= 15 is 0 Å². The summed E-state index contributed by atoms with van der Waals surface area (Å²) in [7, 11) is -3.84. The first-order valence-electron chi connectivity index (χ1n) is 8.61. The van der Waals surface area contributed by atoms with Crippen molar-refractivity contribution in [1.82, 2.24) is 4.31 Å². The van der Waals surface area contributed by atoms with Gasteiger partial charge in [-0.1, -0.05) is 43.6 Å². The number of sulfonamides is 1. The molecular formula is C19H21ClN2O5S. The van der Waals surface area contributed by atoms with Crippen LogP contribution in [0.25, 0.3) is 0 Å². The van der Waals surface area contributed by atoms with Crippen molar-refractivity contribution in [1.29, 1.82) is 0 Å². The number of benzene rings is 2. The number of hydrogen-bond donors (Lipinski definition) is 2. The van der Waals surface area contributed by atoms with Crippen LogP contribution in [0.5, 0.6) is 0 Å². The molecular weight excluding hydrogens is 404 g/mol. The lowest BCUT2D eigenvalue weighted by molar-refractivity contribution is -0.136. The Bertz CT molecular complexity index is 988. The van der Waals surface area contributed by atoms with Crippen molar-refractivity contribution in [2.75, 3.05) is 18.4 Å². The topological polar surface area (TPSA) is 104 Å². The van der Waals surface area contributed by atoms with E-state index in [2.05, 4.69) is 5.32 Å². The Morgan fingerprint density at radius 1 is 1.11 bits per heavy atom. The molecule has 0 unspecified atom stereocenters. The Hall–Kier alpha value is -2.42. The lowest BCUT2D eigenvalue weighted by Gasteiger charge is -2.19. The zero-order valence-electron chi connectivity index (χ0n) is 15.5. The molecule has 0 aliphatic heterocycles. The fourth-order valence-corrected chi connectivity index (χ4v) is 4.66. The van der Waals surface area contributed by atoms with Crippen LogP contribution < -0.4 is 5.32 Å². The molecule has 0 saturated heterocycles. The molecule has 2 N–H and O–H groups in total. The van der Waals surface area contributed by atoms with E-state index in [0.717, 1.165) is 0 Å². The van der Waals surface area contributed by atoms with Gasteiger partial charge in [-0.05, 0) is 29.8 Å². The van der Waals surface area contributed by atoms with Crippen LogP contribution in [0.4, 0.5) is 5.69 Å². The number of amides is 1. The number of halogens is 1. The molecule has 0 aliphatic rings. The molecule has 0 spiro atoms. The minimum absolute atomic E-state index is 0.0229. The van der Waals surface area contributed by atoms with Gasteiger partial charge in [0.1, 0.15) is 4.90 Å². The highest BCUT2D eigenvalue weighted by atomic mass is 35.5. The summed E-state index contributed by atoms with van der Waals surface area (Å²) in [4.78, 5) is 23.5. The highest BCUT2D eigenvalue weighted by Gasteiger charge is 2.25. The lowest BCUT2D eigenvalue weighted by atomic mass is 10.1. The van der Waals surface area contributed by atoms with E-state index < -0.39 is 21.9 Å². The van der Waals surface area contributed by atoms with Crippen molar-refractivity contribution < 1.29 is 23.1 Å². The smallest absolute Gasteiger partial charge is 0.307 e. The molecule has 0 atom stereocenters. The van der Waals surface area contributed by atoms with Gasteiger partial charge >= 0.3 is 5.97 Å². The van der Waals surface area contributed by atoms with Crippen molar-refractivity contribution in [2.24, 2.45) is 0 Å². The first kappa shape index (κ1) is 21.9. The van der Waals surface area contributed by atoms with Crippen LogP contribution in [0, 0.1) is 0 Å². The van der Waals surface area contributed by atoms with Crippen molar-refractivity contribution >= 4 is 39.2 Å². The summed E-state index contributed by atoms with van der Waals surface area (Å²) in [5.74, 6) is -1.59. The highest BCUT2D eigenvalue weighted by Crippen LogP contribution is 2.26. The van der Waals surface area contributed by atoms with Gasteiger partial charge < -0.3 is 10.4 Å². The first-order chi connectivity index (χ1) is 13.2. The van der Waals surface area contributed by atoms with Crippen LogP contribution in [0.3, 0.4) is 0 Å². The van der Waals surface area contributed by atoms with Crippen molar-refractivity contribution in [3.63, 3.8) is 0 Å². The Balaban J connectivity index is 2.38. The molecule has 28 heavy (non-hydrogen) atoms. The summed E-state index contributed by atoms with van der Waals surface area (Å²) in [6.07, 6.45) is -0.251. The van der Waals surface area contributed by atoms with Crippen LogP contribution in [0.2, 0.25) is 5.02 Å². The third kappa shape index (κ3) is 4.89. The van der Waals surface area contributed by atoms with Gasteiger partial charge in [-0.3, -0.25) is 9.59 Å². The molecule has 0 heterocycles. The number of anilines is 1. The van der Waals surface area contributed by atoms with Crippen LogP contribution in [0.15, 0.2) is 47.4 Å². The summed E-state index contributed by atoms with van der Waals surface area (Å²) in [5, 5.41) is 11.7.